The van der Waals surface area contributed by atoms with Gasteiger partial charge in [0.25, 0.3) is 0 Å². The van der Waals surface area contributed by atoms with E-state index in [0.29, 0.717) is 17.5 Å². The molecule has 0 saturated heterocycles. The van der Waals surface area contributed by atoms with E-state index in [4.69, 9.17) is 15.0 Å². The summed E-state index contributed by atoms with van der Waals surface area (Å²) in [5, 5.41) is 7.52. The molecule has 0 atom stereocenters. The van der Waals surface area contributed by atoms with Gasteiger partial charge in [-0.25, -0.2) is 15.0 Å². The maximum absolute atomic E-state index is 5.10. The summed E-state index contributed by atoms with van der Waals surface area (Å²) in [6.07, 6.45) is 0. The number of rotatable bonds is 4. The molecule has 4 nitrogen and oxygen atoms in total. The van der Waals surface area contributed by atoms with Crippen LogP contribution in [0, 0.1) is 0 Å². The first-order valence-electron chi connectivity index (χ1n) is 17.4. The van der Waals surface area contributed by atoms with Crippen molar-refractivity contribution in [2.75, 3.05) is 4.90 Å². The molecule has 2 aromatic heterocycles. The SMILES string of the molecule is c1ccc(-c2nc(-c3ccc(N4c5ccc6ccccc6c5-c5cccc6cccc4c56)cc3)nc(-c3ccc4c(c3)sc3ccccc34)n2)cc1. The number of nitrogens with zero attached hydrogens (tertiary/aromatic N) is 4. The highest BCUT2D eigenvalue weighted by atomic mass is 32.1. The van der Waals surface area contributed by atoms with Gasteiger partial charge in [0, 0.05) is 53.5 Å². The molecular formula is C47H28N4S. The summed E-state index contributed by atoms with van der Waals surface area (Å²) < 4.78 is 2.50. The van der Waals surface area contributed by atoms with Crippen LogP contribution in [0.2, 0.25) is 0 Å². The molecule has 0 spiro atoms. The minimum atomic E-state index is 0.643. The topological polar surface area (TPSA) is 41.9 Å². The van der Waals surface area contributed by atoms with Crippen LogP contribution in [-0.4, -0.2) is 15.0 Å². The first-order chi connectivity index (χ1) is 25.8. The lowest BCUT2D eigenvalue weighted by Crippen LogP contribution is -2.15. The molecule has 0 N–H and O–H groups in total. The largest absolute Gasteiger partial charge is 0.309 e. The van der Waals surface area contributed by atoms with Crippen LogP contribution in [-0.2, 0) is 0 Å². The summed E-state index contributed by atoms with van der Waals surface area (Å²) >= 11 is 1.80. The van der Waals surface area contributed by atoms with Crippen LogP contribution in [0.1, 0.15) is 0 Å². The van der Waals surface area contributed by atoms with Crippen LogP contribution in [0.4, 0.5) is 17.1 Å². The standard InChI is InChI=1S/C47H28N4S/c1-2-11-31(12-3-1)45-48-46(50-47(49-45)33-22-26-37-36-16-6-7-19-41(36)52-42(37)28-33)32-20-24-34(25-21-32)51-39-18-9-14-30-13-8-17-38(43(30)39)44-35-15-5-4-10-29(35)23-27-40(44)51/h1-28H. The molecule has 0 aliphatic carbocycles. The second-order valence-electron chi connectivity index (χ2n) is 13.2. The van der Waals surface area contributed by atoms with Gasteiger partial charge in [-0.3, -0.25) is 0 Å². The van der Waals surface area contributed by atoms with Gasteiger partial charge in [0.1, 0.15) is 0 Å². The van der Waals surface area contributed by atoms with Gasteiger partial charge < -0.3 is 4.90 Å². The number of hydrogen-bond acceptors (Lipinski definition) is 5. The highest BCUT2D eigenvalue weighted by Crippen LogP contribution is 2.53. The molecule has 0 saturated carbocycles. The van der Waals surface area contributed by atoms with Gasteiger partial charge in [-0.05, 0) is 70.3 Å². The summed E-state index contributed by atoms with van der Waals surface area (Å²) in [7, 11) is 0. The molecule has 0 fully saturated rings. The van der Waals surface area contributed by atoms with Crippen molar-refractivity contribution in [1.82, 2.24) is 15.0 Å². The van der Waals surface area contributed by atoms with Crippen LogP contribution >= 0.6 is 11.3 Å². The van der Waals surface area contributed by atoms with Crippen LogP contribution in [0.15, 0.2) is 170 Å². The third-order valence-corrected chi connectivity index (χ3v) is 11.4. The maximum Gasteiger partial charge on any atom is 0.164 e. The minimum absolute atomic E-state index is 0.643. The zero-order valence-electron chi connectivity index (χ0n) is 27.9. The van der Waals surface area contributed by atoms with E-state index in [1.807, 2.05) is 18.2 Å². The molecule has 5 heteroatoms. The van der Waals surface area contributed by atoms with E-state index in [9.17, 15) is 0 Å². The van der Waals surface area contributed by atoms with Crippen molar-refractivity contribution in [1.29, 1.82) is 0 Å². The highest BCUT2D eigenvalue weighted by Gasteiger charge is 2.27. The molecule has 1 aliphatic heterocycles. The van der Waals surface area contributed by atoms with E-state index in [1.54, 1.807) is 11.3 Å². The van der Waals surface area contributed by atoms with E-state index in [-0.39, 0.29) is 0 Å². The average molecular weight is 681 g/mol. The van der Waals surface area contributed by atoms with E-state index >= 15 is 0 Å². The summed E-state index contributed by atoms with van der Waals surface area (Å²) in [5.41, 5.74) is 8.81. The quantitative estimate of drug-likeness (QED) is 0.186. The molecule has 52 heavy (non-hydrogen) atoms. The molecule has 8 aromatic carbocycles. The van der Waals surface area contributed by atoms with Crippen molar-refractivity contribution in [2.24, 2.45) is 0 Å². The first-order valence-corrected chi connectivity index (χ1v) is 18.3. The van der Waals surface area contributed by atoms with Gasteiger partial charge >= 0.3 is 0 Å². The Bertz CT molecular complexity index is 3020. The molecule has 1 aliphatic rings. The maximum atomic E-state index is 5.10. The zero-order valence-corrected chi connectivity index (χ0v) is 28.7. The zero-order chi connectivity index (χ0) is 34.2. The van der Waals surface area contributed by atoms with Crippen LogP contribution in [0.25, 0.3) is 87.0 Å². The molecule has 11 rings (SSSR count). The van der Waals surface area contributed by atoms with Gasteiger partial charge in [0.05, 0.1) is 11.4 Å². The fraction of sp³-hybridized carbons (Fsp3) is 0. The Kier molecular flexibility index (Phi) is 6.39. The normalized spacial score (nSPS) is 12.2. The Morgan fingerprint density at radius 3 is 1.87 bits per heavy atom. The fourth-order valence-corrected chi connectivity index (χ4v) is 8.97. The number of aromatic nitrogens is 3. The van der Waals surface area contributed by atoms with Crippen molar-refractivity contribution in [3.8, 4) is 45.3 Å². The monoisotopic (exact) mass is 680 g/mol. The lowest BCUT2D eigenvalue weighted by molar-refractivity contribution is 1.07. The second-order valence-corrected chi connectivity index (χ2v) is 14.3. The molecule has 3 heterocycles. The van der Waals surface area contributed by atoms with Crippen LogP contribution < -0.4 is 4.90 Å². The predicted molar refractivity (Wildman–Crippen MR) is 218 cm³/mol. The Hall–Kier alpha value is -6.69. The van der Waals surface area contributed by atoms with E-state index in [2.05, 4.69) is 157 Å². The predicted octanol–water partition coefficient (Wildman–Crippen LogP) is 13.0. The molecule has 242 valence electrons. The van der Waals surface area contributed by atoms with Crippen molar-refractivity contribution >= 4 is 70.1 Å². The summed E-state index contributed by atoms with van der Waals surface area (Å²) in [4.78, 5) is 17.6. The van der Waals surface area contributed by atoms with Crippen molar-refractivity contribution < 1.29 is 0 Å². The lowest BCUT2D eigenvalue weighted by atomic mass is 9.87. The molecule has 0 amide bonds. The molecule has 0 unspecified atom stereocenters. The summed E-state index contributed by atoms with van der Waals surface area (Å²) in [6, 6.07) is 60.4. The Morgan fingerprint density at radius 2 is 1.04 bits per heavy atom. The number of hydrogen-bond donors (Lipinski definition) is 0. The third kappa shape index (κ3) is 4.50. The Morgan fingerprint density at radius 1 is 0.404 bits per heavy atom. The third-order valence-electron chi connectivity index (χ3n) is 10.2. The average Bonchev–Trinajstić information content (AvgIpc) is 3.59. The summed E-state index contributed by atoms with van der Waals surface area (Å²) in [5.74, 6) is 1.96. The van der Waals surface area contributed by atoms with E-state index in [1.165, 1.54) is 64.2 Å². The number of benzene rings is 8. The molecule has 0 bridgehead atoms. The van der Waals surface area contributed by atoms with Crippen molar-refractivity contribution in [3.63, 3.8) is 0 Å². The molecule has 0 radical (unpaired) electrons. The van der Waals surface area contributed by atoms with Gasteiger partial charge in [-0.2, -0.15) is 0 Å². The fourth-order valence-electron chi connectivity index (χ4n) is 7.83. The number of thiophene rings is 1. The van der Waals surface area contributed by atoms with Crippen LogP contribution in [0.5, 0.6) is 0 Å². The van der Waals surface area contributed by atoms with Gasteiger partial charge in [-0.15, -0.1) is 11.3 Å². The minimum Gasteiger partial charge on any atom is -0.309 e. The Balaban J connectivity index is 1.06. The van der Waals surface area contributed by atoms with E-state index in [0.717, 1.165) is 22.4 Å². The van der Waals surface area contributed by atoms with Crippen LogP contribution in [0.3, 0.4) is 0 Å². The highest BCUT2D eigenvalue weighted by molar-refractivity contribution is 7.25. The first kappa shape index (κ1) is 29.1. The molecule has 10 aromatic rings. The van der Waals surface area contributed by atoms with Crippen molar-refractivity contribution in [3.05, 3.63) is 170 Å². The molecular weight excluding hydrogens is 653 g/mol. The number of fused-ring (bicyclic) bond motifs is 7. The van der Waals surface area contributed by atoms with E-state index < -0.39 is 0 Å². The number of anilines is 3. The van der Waals surface area contributed by atoms with Crippen molar-refractivity contribution in [2.45, 2.75) is 0 Å². The Labute approximate surface area is 303 Å². The van der Waals surface area contributed by atoms with Gasteiger partial charge in [-0.1, -0.05) is 121 Å². The van der Waals surface area contributed by atoms with Gasteiger partial charge in [0.2, 0.25) is 0 Å². The smallest absolute Gasteiger partial charge is 0.164 e. The summed E-state index contributed by atoms with van der Waals surface area (Å²) in [6.45, 7) is 0. The van der Waals surface area contributed by atoms with Gasteiger partial charge in [0.15, 0.2) is 17.5 Å². The second kappa shape index (κ2) is 11.4. The lowest BCUT2D eigenvalue weighted by Gasteiger charge is -2.34.